The Bertz CT molecular complexity index is 358. The predicted octanol–water partition coefficient (Wildman–Crippen LogP) is 2.62. The number of aliphatic hydroxyl groups is 1. The second kappa shape index (κ2) is 4.96. The average Bonchev–Trinajstić information content (AvgIpc) is 2.65. The molecule has 2 N–H and O–H groups in total. The SMILES string of the molecule is OC1(CNC2C3CCOC3C23CCC3)CCCCCC1. The van der Waals surface area contributed by atoms with E-state index in [-0.39, 0.29) is 0 Å². The molecule has 1 aliphatic heterocycles. The molecule has 3 atom stereocenters. The maximum Gasteiger partial charge on any atom is 0.0771 e. The normalized spacial score (nSPS) is 41.5. The van der Waals surface area contributed by atoms with E-state index in [0.29, 0.717) is 17.6 Å². The van der Waals surface area contributed by atoms with E-state index in [1.807, 2.05) is 0 Å². The number of hydrogen-bond donors (Lipinski definition) is 2. The van der Waals surface area contributed by atoms with Crippen molar-refractivity contribution in [1.29, 1.82) is 0 Å². The minimum atomic E-state index is -0.439. The Labute approximate surface area is 122 Å². The van der Waals surface area contributed by atoms with Gasteiger partial charge < -0.3 is 15.2 Å². The fourth-order valence-electron chi connectivity index (χ4n) is 5.42. The van der Waals surface area contributed by atoms with Crippen molar-refractivity contribution in [3.63, 3.8) is 0 Å². The lowest BCUT2D eigenvalue weighted by atomic mass is 9.46. The number of rotatable bonds is 3. The first-order valence-corrected chi connectivity index (χ1v) is 8.81. The lowest BCUT2D eigenvalue weighted by Gasteiger charge is -2.63. The standard InChI is InChI=1S/C17H29NO2/c19-16(7-3-1-2-4-8-16)12-18-14-13-6-11-20-15(13)17(14)9-5-10-17/h13-15,18-19H,1-12H2. The van der Waals surface area contributed by atoms with Crippen molar-refractivity contribution < 1.29 is 9.84 Å². The zero-order valence-corrected chi connectivity index (χ0v) is 12.6. The molecular formula is C17H29NO2. The highest BCUT2D eigenvalue weighted by molar-refractivity contribution is 5.18. The van der Waals surface area contributed by atoms with Crippen LogP contribution < -0.4 is 5.32 Å². The lowest BCUT2D eigenvalue weighted by molar-refractivity contribution is -0.179. The van der Waals surface area contributed by atoms with Crippen molar-refractivity contribution in [1.82, 2.24) is 5.32 Å². The summed E-state index contributed by atoms with van der Waals surface area (Å²) in [5, 5.41) is 14.6. The molecule has 3 heteroatoms. The van der Waals surface area contributed by atoms with E-state index in [1.165, 1.54) is 51.4 Å². The summed E-state index contributed by atoms with van der Waals surface area (Å²) < 4.78 is 5.97. The second-order valence-electron chi connectivity index (χ2n) is 7.83. The number of hydrogen-bond acceptors (Lipinski definition) is 3. The van der Waals surface area contributed by atoms with Crippen LogP contribution in [-0.2, 0) is 4.74 Å². The summed E-state index contributed by atoms with van der Waals surface area (Å²) in [6.45, 7) is 1.77. The van der Waals surface area contributed by atoms with Crippen LogP contribution in [0.2, 0.25) is 0 Å². The fourth-order valence-corrected chi connectivity index (χ4v) is 5.42. The zero-order valence-electron chi connectivity index (χ0n) is 12.6. The Morgan fingerprint density at radius 3 is 2.40 bits per heavy atom. The minimum Gasteiger partial charge on any atom is -0.389 e. The quantitative estimate of drug-likeness (QED) is 0.780. The van der Waals surface area contributed by atoms with E-state index in [9.17, 15) is 5.11 Å². The van der Waals surface area contributed by atoms with Crippen molar-refractivity contribution in [3.05, 3.63) is 0 Å². The Kier molecular flexibility index (Phi) is 3.36. The molecule has 4 fully saturated rings. The molecule has 3 saturated carbocycles. The van der Waals surface area contributed by atoms with Crippen LogP contribution in [0.15, 0.2) is 0 Å². The summed E-state index contributed by atoms with van der Waals surface area (Å²) in [4.78, 5) is 0. The largest absolute Gasteiger partial charge is 0.389 e. The van der Waals surface area contributed by atoms with Crippen LogP contribution in [0.3, 0.4) is 0 Å². The molecule has 0 aromatic carbocycles. The number of ether oxygens (including phenoxy) is 1. The minimum absolute atomic E-state index is 0.439. The molecule has 3 unspecified atom stereocenters. The van der Waals surface area contributed by atoms with Gasteiger partial charge in [-0.15, -0.1) is 0 Å². The summed E-state index contributed by atoms with van der Waals surface area (Å²) in [5.74, 6) is 0.727. The predicted molar refractivity (Wildman–Crippen MR) is 78.6 cm³/mol. The topological polar surface area (TPSA) is 41.5 Å². The summed E-state index contributed by atoms with van der Waals surface area (Å²) in [6, 6.07) is 0.621. The maximum absolute atomic E-state index is 10.8. The van der Waals surface area contributed by atoms with Gasteiger partial charge in [0.05, 0.1) is 11.7 Å². The summed E-state index contributed by atoms with van der Waals surface area (Å²) in [6.07, 6.45) is 12.8. The van der Waals surface area contributed by atoms with Crippen LogP contribution in [-0.4, -0.2) is 36.0 Å². The van der Waals surface area contributed by atoms with Crippen LogP contribution in [0.1, 0.15) is 64.2 Å². The van der Waals surface area contributed by atoms with Crippen LogP contribution in [0.5, 0.6) is 0 Å². The fraction of sp³-hybridized carbons (Fsp3) is 1.00. The highest BCUT2D eigenvalue weighted by atomic mass is 16.5. The van der Waals surface area contributed by atoms with Crippen LogP contribution in [0, 0.1) is 11.3 Å². The van der Waals surface area contributed by atoms with Crippen molar-refractivity contribution in [2.24, 2.45) is 11.3 Å². The monoisotopic (exact) mass is 279 g/mol. The first-order valence-electron chi connectivity index (χ1n) is 8.81. The van der Waals surface area contributed by atoms with Crippen molar-refractivity contribution in [2.75, 3.05) is 13.2 Å². The summed E-state index contributed by atoms with van der Waals surface area (Å²) in [7, 11) is 0. The van der Waals surface area contributed by atoms with Gasteiger partial charge in [-0.25, -0.2) is 0 Å². The Hall–Kier alpha value is -0.120. The smallest absolute Gasteiger partial charge is 0.0771 e. The first-order chi connectivity index (χ1) is 9.74. The molecule has 0 radical (unpaired) electrons. The van der Waals surface area contributed by atoms with E-state index in [0.717, 1.165) is 31.9 Å². The third kappa shape index (κ3) is 1.97. The molecule has 0 amide bonds. The lowest BCUT2D eigenvalue weighted by Crippen LogP contribution is -2.72. The van der Waals surface area contributed by atoms with E-state index in [2.05, 4.69) is 5.32 Å². The molecule has 0 aromatic heterocycles. The molecule has 4 rings (SSSR count). The molecule has 1 spiro atoms. The molecule has 0 aromatic rings. The first kappa shape index (κ1) is 13.5. The van der Waals surface area contributed by atoms with Gasteiger partial charge in [-0.1, -0.05) is 32.1 Å². The Balaban J connectivity index is 1.39. The van der Waals surface area contributed by atoms with Gasteiger partial charge in [-0.05, 0) is 32.1 Å². The Morgan fingerprint density at radius 2 is 1.75 bits per heavy atom. The van der Waals surface area contributed by atoms with Gasteiger partial charge in [0.1, 0.15) is 0 Å². The molecule has 20 heavy (non-hydrogen) atoms. The molecule has 3 aliphatic carbocycles. The maximum atomic E-state index is 10.8. The van der Waals surface area contributed by atoms with E-state index < -0.39 is 5.60 Å². The third-order valence-corrected chi connectivity index (χ3v) is 6.72. The molecule has 1 heterocycles. The molecule has 1 saturated heterocycles. The van der Waals surface area contributed by atoms with Gasteiger partial charge in [0.25, 0.3) is 0 Å². The van der Waals surface area contributed by atoms with Crippen LogP contribution in [0.4, 0.5) is 0 Å². The van der Waals surface area contributed by atoms with Crippen LogP contribution >= 0.6 is 0 Å². The number of nitrogens with one attached hydrogen (secondary N) is 1. The van der Waals surface area contributed by atoms with Gasteiger partial charge in [-0.3, -0.25) is 0 Å². The van der Waals surface area contributed by atoms with Gasteiger partial charge in [0.2, 0.25) is 0 Å². The van der Waals surface area contributed by atoms with Gasteiger partial charge in [-0.2, -0.15) is 0 Å². The summed E-state index contributed by atoms with van der Waals surface area (Å²) in [5.41, 5.74) is 0.00818. The van der Waals surface area contributed by atoms with Crippen molar-refractivity contribution in [2.45, 2.75) is 82.0 Å². The second-order valence-corrected chi connectivity index (χ2v) is 7.83. The third-order valence-electron chi connectivity index (χ3n) is 6.72. The Morgan fingerprint density at radius 1 is 1.00 bits per heavy atom. The highest BCUT2D eigenvalue weighted by Gasteiger charge is 2.66. The molecule has 114 valence electrons. The van der Waals surface area contributed by atoms with E-state index in [1.54, 1.807) is 0 Å². The van der Waals surface area contributed by atoms with Crippen molar-refractivity contribution in [3.8, 4) is 0 Å². The zero-order chi connectivity index (χ0) is 13.6. The molecule has 4 aliphatic rings. The van der Waals surface area contributed by atoms with Gasteiger partial charge >= 0.3 is 0 Å². The van der Waals surface area contributed by atoms with E-state index >= 15 is 0 Å². The molecular weight excluding hydrogens is 250 g/mol. The van der Waals surface area contributed by atoms with Crippen LogP contribution in [0.25, 0.3) is 0 Å². The average molecular weight is 279 g/mol. The van der Waals surface area contributed by atoms with Gasteiger partial charge in [0.15, 0.2) is 0 Å². The van der Waals surface area contributed by atoms with Crippen molar-refractivity contribution >= 4 is 0 Å². The molecule has 3 nitrogen and oxygen atoms in total. The molecule has 0 bridgehead atoms. The van der Waals surface area contributed by atoms with Gasteiger partial charge in [0, 0.05) is 30.5 Å². The number of fused-ring (bicyclic) bond motifs is 2. The highest BCUT2D eigenvalue weighted by Crippen LogP contribution is 2.62. The summed E-state index contributed by atoms with van der Waals surface area (Å²) >= 11 is 0. The van der Waals surface area contributed by atoms with E-state index in [4.69, 9.17) is 4.74 Å².